The number of hydrogen-bond donors (Lipinski definition) is 0. The molecular formula is C11H14O4. The van der Waals surface area contributed by atoms with E-state index in [1.807, 2.05) is 6.92 Å². The minimum absolute atomic E-state index is 0.403. The number of benzene rings is 1. The first-order valence-electron chi connectivity index (χ1n) is 4.60. The molecule has 0 aliphatic carbocycles. The van der Waals surface area contributed by atoms with Gasteiger partial charge in [0.05, 0.1) is 26.4 Å². The monoisotopic (exact) mass is 210 g/mol. The Hall–Kier alpha value is -1.71. The first kappa shape index (κ1) is 11.4. The van der Waals surface area contributed by atoms with Gasteiger partial charge in [0.1, 0.15) is 17.2 Å². The van der Waals surface area contributed by atoms with E-state index >= 15 is 0 Å². The molecule has 4 nitrogen and oxygen atoms in total. The summed E-state index contributed by atoms with van der Waals surface area (Å²) in [5.74, 6) is 1.53. The van der Waals surface area contributed by atoms with E-state index in [4.69, 9.17) is 14.2 Å². The van der Waals surface area contributed by atoms with Gasteiger partial charge in [0.15, 0.2) is 6.29 Å². The number of ether oxygens (including phenoxy) is 3. The number of rotatable bonds is 5. The molecule has 1 aromatic carbocycles. The molecule has 0 fully saturated rings. The number of hydrogen-bond acceptors (Lipinski definition) is 4. The summed E-state index contributed by atoms with van der Waals surface area (Å²) in [5.41, 5.74) is 0.403. The van der Waals surface area contributed by atoms with Crippen LogP contribution in [-0.2, 0) is 0 Å². The Morgan fingerprint density at radius 3 is 2.33 bits per heavy atom. The Kier molecular flexibility index (Phi) is 3.97. The minimum atomic E-state index is 0.403. The molecule has 0 bridgehead atoms. The zero-order valence-corrected chi connectivity index (χ0v) is 9.07. The lowest BCUT2D eigenvalue weighted by molar-refractivity contribution is 0.111. The summed E-state index contributed by atoms with van der Waals surface area (Å²) in [7, 11) is 3.04. The molecule has 1 rings (SSSR count). The van der Waals surface area contributed by atoms with Crippen molar-refractivity contribution < 1.29 is 19.0 Å². The molecule has 0 aliphatic heterocycles. The van der Waals surface area contributed by atoms with Gasteiger partial charge in [0.2, 0.25) is 0 Å². The van der Waals surface area contributed by atoms with Crippen molar-refractivity contribution in [2.45, 2.75) is 6.92 Å². The van der Waals surface area contributed by atoms with Crippen LogP contribution < -0.4 is 14.2 Å². The van der Waals surface area contributed by atoms with Gasteiger partial charge in [0, 0.05) is 12.1 Å². The van der Waals surface area contributed by atoms with Gasteiger partial charge >= 0.3 is 0 Å². The molecule has 0 spiro atoms. The van der Waals surface area contributed by atoms with Gasteiger partial charge in [-0.2, -0.15) is 0 Å². The van der Waals surface area contributed by atoms with Gasteiger partial charge in [-0.15, -0.1) is 0 Å². The summed E-state index contributed by atoms with van der Waals surface area (Å²) in [6, 6.07) is 3.31. The van der Waals surface area contributed by atoms with Gasteiger partial charge in [0.25, 0.3) is 0 Å². The lowest BCUT2D eigenvalue weighted by Gasteiger charge is -2.12. The molecule has 0 saturated heterocycles. The van der Waals surface area contributed by atoms with Crippen LogP contribution >= 0.6 is 0 Å². The van der Waals surface area contributed by atoms with E-state index in [1.54, 1.807) is 19.2 Å². The summed E-state index contributed by atoms with van der Waals surface area (Å²) < 4.78 is 15.5. The smallest absolute Gasteiger partial charge is 0.157 e. The van der Waals surface area contributed by atoms with Gasteiger partial charge in [-0.3, -0.25) is 4.79 Å². The minimum Gasteiger partial charge on any atom is -0.496 e. The van der Waals surface area contributed by atoms with E-state index in [2.05, 4.69) is 0 Å². The summed E-state index contributed by atoms with van der Waals surface area (Å²) in [4.78, 5) is 10.9. The molecule has 4 heteroatoms. The quantitative estimate of drug-likeness (QED) is 0.696. The van der Waals surface area contributed by atoms with Crippen molar-refractivity contribution in [3.8, 4) is 17.2 Å². The van der Waals surface area contributed by atoms with Crippen LogP contribution in [0.2, 0.25) is 0 Å². The second-order valence-corrected chi connectivity index (χ2v) is 2.79. The fourth-order valence-electron chi connectivity index (χ4n) is 1.25. The maximum absolute atomic E-state index is 10.9. The van der Waals surface area contributed by atoms with Crippen LogP contribution in [0.25, 0.3) is 0 Å². The second-order valence-electron chi connectivity index (χ2n) is 2.79. The van der Waals surface area contributed by atoms with Crippen LogP contribution in [0, 0.1) is 0 Å². The topological polar surface area (TPSA) is 44.8 Å². The second kappa shape index (κ2) is 5.24. The lowest BCUT2D eigenvalue weighted by atomic mass is 10.2. The first-order chi connectivity index (χ1) is 7.26. The molecule has 0 N–H and O–H groups in total. The van der Waals surface area contributed by atoms with Crippen LogP contribution in [-0.4, -0.2) is 27.1 Å². The van der Waals surface area contributed by atoms with E-state index in [1.165, 1.54) is 7.11 Å². The van der Waals surface area contributed by atoms with Crippen molar-refractivity contribution >= 4 is 6.29 Å². The Morgan fingerprint density at radius 1 is 1.20 bits per heavy atom. The van der Waals surface area contributed by atoms with E-state index in [9.17, 15) is 4.79 Å². The molecule has 0 unspecified atom stereocenters. The zero-order chi connectivity index (χ0) is 11.3. The summed E-state index contributed by atoms with van der Waals surface area (Å²) in [5, 5.41) is 0. The van der Waals surface area contributed by atoms with Crippen LogP contribution in [0.1, 0.15) is 17.3 Å². The van der Waals surface area contributed by atoms with Gasteiger partial charge < -0.3 is 14.2 Å². The maximum atomic E-state index is 10.9. The number of methoxy groups -OCH3 is 2. The van der Waals surface area contributed by atoms with Crippen molar-refractivity contribution in [2.75, 3.05) is 20.8 Å². The van der Waals surface area contributed by atoms with E-state index in [0.717, 1.165) is 0 Å². The number of carbonyl (C=O) groups excluding carboxylic acids is 1. The average molecular weight is 210 g/mol. The van der Waals surface area contributed by atoms with Crippen LogP contribution in [0.5, 0.6) is 17.2 Å². The number of carbonyl (C=O) groups is 1. The van der Waals surface area contributed by atoms with Gasteiger partial charge in [-0.1, -0.05) is 0 Å². The molecule has 82 valence electrons. The van der Waals surface area contributed by atoms with Crippen molar-refractivity contribution in [1.82, 2.24) is 0 Å². The summed E-state index contributed by atoms with van der Waals surface area (Å²) >= 11 is 0. The van der Waals surface area contributed by atoms with Crippen molar-refractivity contribution in [2.24, 2.45) is 0 Å². The molecule has 0 amide bonds. The van der Waals surface area contributed by atoms with Crippen molar-refractivity contribution in [1.29, 1.82) is 0 Å². The third-order valence-corrected chi connectivity index (χ3v) is 1.95. The predicted octanol–water partition coefficient (Wildman–Crippen LogP) is 1.91. The maximum Gasteiger partial charge on any atom is 0.157 e. The molecule has 0 aromatic heterocycles. The largest absolute Gasteiger partial charge is 0.496 e. The summed E-state index contributed by atoms with van der Waals surface area (Å²) in [6.07, 6.45) is 0.712. The zero-order valence-electron chi connectivity index (χ0n) is 9.07. The molecule has 1 aromatic rings. The SMILES string of the molecule is CCOc1cc(OC)cc(OC)c1C=O. The molecule has 15 heavy (non-hydrogen) atoms. The molecule has 0 heterocycles. The summed E-state index contributed by atoms with van der Waals surface area (Å²) in [6.45, 7) is 2.33. The van der Waals surface area contributed by atoms with Crippen LogP contribution in [0.3, 0.4) is 0 Å². The van der Waals surface area contributed by atoms with Gasteiger partial charge in [-0.25, -0.2) is 0 Å². The normalized spacial score (nSPS) is 9.53. The lowest BCUT2D eigenvalue weighted by Crippen LogP contribution is -1.99. The van der Waals surface area contributed by atoms with Crippen LogP contribution in [0.4, 0.5) is 0 Å². The van der Waals surface area contributed by atoms with E-state index in [-0.39, 0.29) is 0 Å². The van der Waals surface area contributed by atoms with Crippen molar-refractivity contribution in [3.63, 3.8) is 0 Å². The highest BCUT2D eigenvalue weighted by atomic mass is 16.5. The number of aldehydes is 1. The average Bonchev–Trinajstić information content (AvgIpc) is 2.28. The van der Waals surface area contributed by atoms with E-state index < -0.39 is 0 Å². The Morgan fingerprint density at radius 2 is 1.87 bits per heavy atom. The standard InChI is InChI=1S/C11H14O4/c1-4-15-11-6-8(13-2)5-10(14-3)9(11)7-12/h5-7H,4H2,1-3H3. The first-order valence-corrected chi connectivity index (χ1v) is 4.60. The fraction of sp³-hybridized carbons (Fsp3) is 0.364. The fourth-order valence-corrected chi connectivity index (χ4v) is 1.25. The third kappa shape index (κ3) is 2.40. The van der Waals surface area contributed by atoms with Crippen LogP contribution in [0.15, 0.2) is 12.1 Å². The molecule has 0 atom stereocenters. The molecular weight excluding hydrogens is 196 g/mol. The van der Waals surface area contributed by atoms with Crippen molar-refractivity contribution in [3.05, 3.63) is 17.7 Å². The highest BCUT2D eigenvalue weighted by Crippen LogP contribution is 2.32. The predicted molar refractivity (Wildman–Crippen MR) is 56.1 cm³/mol. The Bertz CT molecular complexity index is 347. The Labute approximate surface area is 88.8 Å². The third-order valence-electron chi connectivity index (χ3n) is 1.95. The molecule has 0 radical (unpaired) electrons. The van der Waals surface area contributed by atoms with E-state index in [0.29, 0.717) is 35.7 Å². The highest BCUT2D eigenvalue weighted by Gasteiger charge is 2.12. The molecule has 0 aliphatic rings. The van der Waals surface area contributed by atoms with Gasteiger partial charge in [-0.05, 0) is 6.92 Å². The Balaban J connectivity index is 3.25. The molecule has 0 saturated carbocycles. The highest BCUT2D eigenvalue weighted by molar-refractivity contribution is 5.84.